The number of amides is 3. The van der Waals surface area contributed by atoms with Crippen molar-refractivity contribution >= 4 is 23.9 Å². The Hall–Kier alpha value is -3.38. The maximum atomic E-state index is 12.4. The number of benzene rings is 1. The minimum absolute atomic E-state index is 0.0525. The highest BCUT2D eigenvalue weighted by Gasteiger charge is 2.28. The molecular weight excluding hydrogens is 462 g/mol. The highest BCUT2D eigenvalue weighted by molar-refractivity contribution is 5.94. The number of ether oxygens (including phenoxy) is 1. The van der Waals surface area contributed by atoms with E-state index in [1.165, 1.54) is 24.3 Å². The van der Waals surface area contributed by atoms with Gasteiger partial charge < -0.3 is 41.1 Å². The smallest absolute Gasteiger partial charge is 0.326 e. The molecule has 12 heteroatoms. The van der Waals surface area contributed by atoms with E-state index >= 15 is 0 Å². The molecule has 1 unspecified atom stereocenters. The van der Waals surface area contributed by atoms with Crippen molar-refractivity contribution in [1.29, 1.82) is 0 Å². The molecule has 3 amide bonds. The number of aliphatic hydroxyl groups excluding tert-OH is 1. The minimum atomic E-state index is -1.41. The molecule has 3 atom stereocenters. The minimum Gasteiger partial charge on any atom is -0.508 e. The highest BCUT2D eigenvalue weighted by atomic mass is 16.6. The lowest BCUT2D eigenvalue weighted by Gasteiger charge is -2.30. The predicted octanol–water partition coefficient (Wildman–Crippen LogP) is 1.41. The Morgan fingerprint density at radius 3 is 2.14 bits per heavy atom. The van der Waals surface area contributed by atoms with Gasteiger partial charge in [0.25, 0.3) is 5.91 Å². The largest absolute Gasteiger partial charge is 0.508 e. The third-order valence-corrected chi connectivity index (χ3v) is 4.74. The van der Waals surface area contributed by atoms with E-state index < -0.39 is 48.4 Å². The standard InChI is InChI=1S/C23H35N3O9/c1-23(2,3)35-21(33)17(26-22(34)25-16(20(31)32)11-12-18(28)29)6-4-5-13-24-19(30)14-7-9-15(27)10-8-14/h7-10,16-17,21,27,33H,4-6,11-13H2,1-3H3,(H,24,30)(H,28,29)(H,31,32)(H2,25,26,34)/t16-,17-,21?/m0/s1. The number of urea groups is 1. The van der Waals surface area contributed by atoms with Crippen LogP contribution in [-0.4, -0.2) is 74.8 Å². The first-order valence-corrected chi connectivity index (χ1v) is 11.2. The Morgan fingerprint density at radius 2 is 1.60 bits per heavy atom. The number of rotatable bonds is 14. The molecule has 196 valence electrons. The van der Waals surface area contributed by atoms with Gasteiger partial charge in [0.15, 0.2) is 6.29 Å². The van der Waals surface area contributed by atoms with Crippen LogP contribution in [0, 0.1) is 0 Å². The second kappa shape index (κ2) is 14.1. The van der Waals surface area contributed by atoms with E-state index in [1.54, 1.807) is 20.8 Å². The fourth-order valence-corrected chi connectivity index (χ4v) is 3.03. The first-order chi connectivity index (χ1) is 16.3. The van der Waals surface area contributed by atoms with Crippen molar-refractivity contribution in [2.24, 2.45) is 0 Å². The Kier molecular flexibility index (Phi) is 12.0. The molecule has 0 aliphatic rings. The molecule has 0 aliphatic heterocycles. The molecule has 0 fully saturated rings. The lowest BCUT2D eigenvalue weighted by Crippen LogP contribution is -2.53. The van der Waals surface area contributed by atoms with Gasteiger partial charge in [0, 0.05) is 18.5 Å². The summed E-state index contributed by atoms with van der Waals surface area (Å²) in [5.41, 5.74) is -0.331. The molecular formula is C23H35N3O9. The SMILES string of the molecule is CC(C)(C)OC(O)[C@H](CCCCNC(=O)c1ccc(O)cc1)NC(=O)N[C@@H](CCC(=O)O)C(=O)O. The molecule has 7 N–H and O–H groups in total. The molecule has 0 saturated heterocycles. The zero-order valence-electron chi connectivity index (χ0n) is 20.1. The van der Waals surface area contributed by atoms with Gasteiger partial charge in [-0.25, -0.2) is 9.59 Å². The summed E-state index contributed by atoms with van der Waals surface area (Å²) in [5.74, 6) is -2.83. The Morgan fingerprint density at radius 1 is 0.971 bits per heavy atom. The Bertz CT molecular complexity index is 853. The summed E-state index contributed by atoms with van der Waals surface area (Å²) in [7, 11) is 0. The topological polar surface area (TPSA) is 195 Å². The number of aromatic hydroxyl groups is 1. The number of hydrogen-bond donors (Lipinski definition) is 7. The molecule has 0 heterocycles. The van der Waals surface area contributed by atoms with Crippen LogP contribution in [0.15, 0.2) is 24.3 Å². The summed E-state index contributed by atoms with van der Waals surface area (Å²) in [6.07, 6.45) is -0.882. The normalized spacial score (nSPS) is 13.8. The summed E-state index contributed by atoms with van der Waals surface area (Å²) in [6, 6.07) is 2.60. The molecule has 0 aliphatic carbocycles. The number of hydrogen-bond acceptors (Lipinski definition) is 7. The Balaban J connectivity index is 2.63. The lowest BCUT2D eigenvalue weighted by atomic mass is 10.1. The average molecular weight is 498 g/mol. The van der Waals surface area contributed by atoms with Gasteiger partial charge in [-0.2, -0.15) is 0 Å². The summed E-state index contributed by atoms with van der Waals surface area (Å²) in [4.78, 5) is 46.5. The van der Waals surface area contributed by atoms with Gasteiger partial charge in [-0.05, 0) is 70.7 Å². The van der Waals surface area contributed by atoms with Crippen molar-refractivity contribution in [3.8, 4) is 5.75 Å². The number of carboxylic acid groups (broad SMARTS) is 2. The van der Waals surface area contributed by atoms with Crippen LogP contribution >= 0.6 is 0 Å². The zero-order chi connectivity index (χ0) is 26.6. The number of carbonyl (C=O) groups excluding carboxylic acids is 2. The quantitative estimate of drug-likeness (QED) is 0.147. The second-order valence-corrected chi connectivity index (χ2v) is 8.97. The van der Waals surface area contributed by atoms with Gasteiger partial charge in [0.05, 0.1) is 11.6 Å². The van der Waals surface area contributed by atoms with E-state index in [0.717, 1.165) is 0 Å². The Labute approximate surface area is 203 Å². The van der Waals surface area contributed by atoms with Crippen LogP contribution in [0.5, 0.6) is 5.75 Å². The summed E-state index contributed by atoms with van der Waals surface area (Å²) < 4.78 is 5.52. The van der Waals surface area contributed by atoms with Gasteiger partial charge in [-0.15, -0.1) is 0 Å². The molecule has 0 spiro atoms. The monoisotopic (exact) mass is 497 g/mol. The van der Waals surface area contributed by atoms with Crippen molar-refractivity contribution in [3.63, 3.8) is 0 Å². The molecule has 0 aromatic heterocycles. The maximum absolute atomic E-state index is 12.4. The number of phenols is 1. The predicted molar refractivity (Wildman–Crippen MR) is 125 cm³/mol. The molecule has 12 nitrogen and oxygen atoms in total. The number of phenolic OH excluding ortho intramolecular Hbond substituents is 1. The number of nitrogens with one attached hydrogen (secondary N) is 3. The molecule has 35 heavy (non-hydrogen) atoms. The van der Waals surface area contributed by atoms with Crippen LogP contribution in [0.4, 0.5) is 4.79 Å². The van der Waals surface area contributed by atoms with Crippen molar-refractivity contribution in [1.82, 2.24) is 16.0 Å². The first kappa shape index (κ1) is 29.7. The highest BCUT2D eigenvalue weighted by Crippen LogP contribution is 2.15. The van der Waals surface area contributed by atoms with Crippen LogP contribution < -0.4 is 16.0 Å². The van der Waals surface area contributed by atoms with Crippen LogP contribution in [-0.2, 0) is 14.3 Å². The van der Waals surface area contributed by atoms with Crippen molar-refractivity contribution in [2.75, 3.05) is 6.54 Å². The van der Waals surface area contributed by atoms with Gasteiger partial charge in [-0.1, -0.05) is 0 Å². The van der Waals surface area contributed by atoms with Crippen molar-refractivity contribution in [2.45, 2.75) is 76.9 Å². The summed E-state index contributed by atoms with van der Waals surface area (Å²) in [6.45, 7) is 5.49. The van der Waals surface area contributed by atoms with Crippen LogP contribution in [0.3, 0.4) is 0 Å². The molecule has 0 bridgehead atoms. The molecule has 1 aromatic carbocycles. The van der Waals surface area contributed by atoms with Crippen LogP contribution in [0.25, 0.3) is 0 Å². The van der Waals surface area contributed by atoms with Gasteiger partial charge in [0.1, 0.15) is 11.8 Å². The van der Waals surface area contributed by atoms with E-state index in [2.05, 4.69) is 16.0 Å². The van der Waals surface area contributed by atoms with E-state index in [9.17, 15) is 34.5 Å². The molecule has 1 aromatic rings. The van der Waals surface area contributed by atoms with Gasteiger partial charge >= 0.3 is 18.0 Å². The van der Waals surface area contributed by atoms with E-state index in [0.29, 0.717) is 24.9 Å². The fourth-order valence-electron chi connectivity index (χ4n) is 3.03. The molecule has 0 saturated carbocycles. The lowest BCUT2D eigenvalue weighted by molar-refractivity contribution is -0.179. The number of aliphatic carboxylic acids is 2. The van der Waals surface area contributed by atoms with E-state index in [4.69, 9.17) is 9.84 Å². The number of carboxylic acids is 2. The summed E-state index contributed by atoms with van der Waals surface area (Å²) in [5, 5.41) is 45.2. The summed E-state index contributed by atoms with van der Waals surface area (Å²) >= 11 is 0. The third-order valence-electron chi connectivity index (χ3n) is 4.74. The van der Waals surface area contributed by atoms with E-state index in [-0.39, 0.29) is 24.5 Å². The van der Waals surface area contributed by atoms with Crippen molar-refractivity contribution < 1.29 is 44.3 Å². The number of carbonyl (C=O) groups is 4. The second-order valence-electron chi connectivity index (χ2n) is 8.97. The molecule has 1 rings (SSSR count). The van der Waals surface area contributed by atoms with Crippen molar-refractivity contribution in [3.05, 3.63) is 29.8 Å². The number of unbranched alkanes of at least 4 members (excludes halogenated alkanes) is 1. The third kappa shape index (κ3) is 12.6. The van der Waals surface area contributed by atoms with Gasteiger partial charge in [0.2, 0.25) is 0 Å². The van der Waals surface area contributed by atoms with Gasteiger partial charge in [-0.3, -0.25) is 9.59 Å². The average Bonchev–Trinajstić information content (AvgIpc) is 2.74. The van der Waals surface area contributed by atoms with Crippen LogP contribution in [0.2, 0.25) is 0 Å². The van der Waals surface area contributed by atoms with Crippen LogP contribution in [0.1, 0.15) is 63.2 Å². The maximum Gasteiger partial charge on any atom is 0.326 e. The fraction of sp³-hybridized carbons (Fsp3) is 0.565. The van der Waals surface area contributed by atoms with E-state index in [1.807, 2.05) is 0 Å². The first-order valence-electron chi connectivity index (χ1n) is 11.2. The zero-order valence-corrected chi connectivity index (χ0v) is 20.1. The number of aliphatic hydroxyl groups is 1. The molecule has 0 radical (unpaired) electrons.